The van der Waals surface area contributed by atoms with Crippen LogP contribution in [0.4, 0.5) is 14.4 Å². The molecule has 0 radical (unpaired) electrons. The topological polar surface area (TPSA) is 189 Å². The van der Waals surface area contributed by atoms with E-state index in [1.165, 1.54) is 0 Å². The van der Waals surface area contributed by atoms with Crippen LogP contribution in [0.1, 0.15) is 256 Å². The molecule has 0 aliphatic heterocycles. The number of ether oxygens (including phenoxy) is 9. The van der Waals surface area contributed by atoms with Gasteiger partial charge in [-0.15, -0.1) is 0 Å². The van der Waals surface area contributed by atoms with Crippen molar-refractivity contribution in [3.8, 4) is 17.2 Å². The highest BCUT2D eigenvalue weighted by atomic mass is 16.7. The van der Waals surface area contributed by atoms with Crippen molar-refractivity contribution >= 4 is 36.4 Å². The van der Waals surface area contributed by atoms with Crippen molar-refractivity contribution in [2.75, 3.05) is 39.5 Å². The third kappa shape index (κ3) is 26.1. The van der Waals surface area contributed by atoms with E-state index in [1.807, 2.05) is 166 Å². The number of carbonyl (C=O) groups excluding carboxylic acids is 6. The van der Waals surface area contributed by atoms with E-state index in [1.54, 1.807) is 62.3 Å². The summed E-state index contributed by atoms with van der Waals surface area (Å²) in [4.78, 5) is 81.5. The summed E-state index contributed by atoms with van der Waals surface area (Å²) in [6.45, 7) is 53.6. The molecule has 16 heteroatoms. The number of carbonyl (C=O) groups is 6. The average Bonchev–Trinajstić information content (AvgIpc) is 2.84. The molecule has 0 aromatic heterocycles. The van der Waals surface area contributed by atoms with Gasteiger partial charge in [0, 0.05) is 72.3 Å². The number of benzene rings is 3. The maximum absolute atomic E-state index is 13.5. The number of hydrogen-bond acceptors (Lipinski definition) is 16. The largest absolute Gasteiger partial charge is 0.514 e. The van der Waals surface area contributed by atoms with Gasteiger partial charge in [-0.1, -0.05) is 161 Å². The summed E-state index contributed by atoms with van der Waals surface area (Å²) in [7, 11) is 0. The molecule has 16 nitrogen and oxygen atoms in total. The molecule has 0 saturated carbocycles. The fraction of sp³-hybridized carbons (Fsp3) is 0.667. The molecule has 0 aliphatic rings. The number of hydrogen-bond donors (Lipinski definition) is 0. The molecule has 0 N–H and O–H groups in total. The molecular formula is C72H111NO15. The molecule has 88 heavy (non-hydrogen) atoms. The van der Waals surface area contributed by atoms with Gasteiger partial charge in [-0.05, 0) is 131 Å². The summed E-state index contributed by atoms with van der Waals surface area (Å²) < 4.78 is 52.0. The van der Waals surface area contributed by atoms with Crippen LogP contribution in [-0.4, -0.2) is 97.5 Å². The van der Waals surface area contributed by atoms with E-state index < -0.39 is 85.7 Å². The van der Waals surface area contributed by atoms with E-state index in [9.17, 15) is 28.8 Å². The summed E-state index contributed by atoms with van der Waals surface area (Å²) in [6, 6.07) is 11.9. The Morgan fingerprint density at radius 1 is 0.307 bits per heavy atom. The molecule has 0 unspecified atom stereocenters. The molecule has 0 aliphatic carbocycles. The van der Waals surface area contributed by atoms with Crippen LogP contribution in [0.5, 0.6) is 17.2 Å². The summed E-state index contributed by atoms with van der Waals surface area (Å²) in [5, 5.41) is 0. The highest BCUT2D eigenvalue weighted by Crippen LogP contribution is 2.45. The van der Waals surface area contributed by atoms with Gasteiger partial charge >= 0.3 is 36.4 Å². The minimum Gasteiger partial charge on any atom is -0.464 e. The lowest BCUT2D eigenvalue weighted by atomic mass is 9.78. The first-order chi connectivity index (χ1) is 39.7. The normalized spacial score (nSPS) is 13.0. The summed E-state index contributed by atoms with van der Waals surface area (Å²) >= 11 is 0. The Balaban J connectivity index is 1.85. The van der Waals surface area contributed by atoms with Gasteiger partial charge in [-0.3, -0.25) is 19.3 Å². The third-order valence-electron chi connectivity index (χ3n) is 13.9. The molecular weight excluding hydrogens is 1120 g/mol. The van der Waals surface area contributed by atoms with Gasteiger partial charge < -0.3 is 42.6 Å². The van der Waals surface area contributed by atoms with Crippen molar-refractivity contribution in [1.82, 2.24) is 4.90 Å². The van der Waals surface area contributed by atoms with Gasteiger partial charge in [0.15, 0.2) is 0 Å². The summed E-state index contributed by atoms with van der Waals surface area (Å²) in [6.07, 6.45) is -1.03. The van der Waals surface area contributed by atoms with E-state index in [0.29, 0.717) is 36.5 Å². The van der Waals surface area contributed by atoms with Crippen LogP contribution < -0.4 is 14.2 Å². The Hall–Kier alpha value is -6.16. The number of aryl methyl sites for hydroxylation is 3. The van der Waals surface area contributed by atoms with Crippen molar-refractivity contribution in [2.24, 2.45) is 0 Å². The molecule has 3 aromatic carbocycles. The standard InChI is InChI=1S/C72H111NO15/c1-64(2,3)49-40-46(41-50(65(4,5)6)58(49)83-61(77)86-70(19,20)21)28-31-55(74)80-37-34-73(35-38-81-56(75)32-29-47-42-51(66(7,8)9)59(52(43-47)67(10,11)12)84-62(78)87-71(22,23)24)36-39-82-57(76)33-30-48-44-53(68(13,14)15)60(54(45-48)69(16,17)18)85-63(79)88-72(25,26)27/h40-45H,28-39H2,1-27H3. The first-order valence-corrected chi connectivity index (χ1v) is 31.2. The van der Waals surface area contributed by atoms with Crippen LogP contribution in [0.3, 0.4) is 0 Å². The number of esters is 3. The zero-order valence-corrected chi connectivity index (χ0v) is 59.0. The second-order valence-electron chi connectivity index (χ2n) is 32.3. The maximum atomic E-state index is 13.5. The number of rotatable bonds is 21. The molecule has 494 valence electrons. The third-order valence-corrected chi connectivity index (χ3v) is 13.9. The van der Waals surface area contributed by atoms with Gasteiger partial charge in [0.05, 0.1) is 0 Å². The lowest BCUT2D eigenvalue weighted by Gasteiger charge is -2.30. The molecule has 3 rings (SSSR count). The average molecular weight is 1230 g/mol. The van der Waals surface area contributed by atoms with E-state index >= 15 is 0 Å². The van der Waals surface area contributed by atoms with E-state index in [-0.39, 0.29) is 58.7 Å². The van der Waals surface area contributed by atoms with Crippen molar-refractivity contribution in [1.29, 1.82) is 0 Å². The van der Waals surface area contributed by atoms with Crippen LogP contribution >= 0.6 is 0 Å². The second-order valence-corrected chi connectivity index (χ2v) is 32.3. The van der Waals surface area contributed by atoms with Crippen molar-refractivity contribution in [2.45, 2.75) is 275 Å². The molecule has 0 bridgehead atoms. The van der Waals surface area contributed by atoms with Gasteiger partial charge in [-0.2, -0.15) is 0 Å². The van der Waals surface area contributed by atoms with Gasteiger partial charge in [0.2, 0.25) is 0 Å². The second kappa shape index (κ2) is 29.6. The van der Waals surface area contributed by atoms with Crippen LogP contribution in [0, 0.1) is 0 Å². The monoisotopic (exact) mass is 1230 g/mol. The molecule has 0 heterocycles. The lowest BCUT2D eigenvalue weighted by Crippen LogP contribution is -2.35. The fourth-order valence-corrected chi connectivity index (χ4v) is 9.39. The van der Waals surface area contributed by atoms with E-state index in [4.69, 9.17) is 42.6 Å². The first kappa shape index (κ1) is 76.1. The minimum absolute atomic E-state index is 0.0174. The molecule has 3 aromatic rings. The smallest absolute Gasteiger partial charge is 0.464 e. The minimum atomic E-state index is -0.791. The Morgan fingerprint density at radius 2 is 0.489 bits per heavy atom. The molecule has 0 fully saturated rings. The predicted molar refractivity (Wildman–Crippen MR) is 346 cm³/mol. The maximum Gasteiger partial charge on any atom is 0.514 e. The fourth-order valence-electron chi connectivity index (χ4n) is 9.39. The van der Waals surface area contributed by atoms with Gasteiger partial charge in [-0.25, -0.2) is 14.4 Å². The highest BCUT2D eigenvalue weighted by molar-refractivity contribution is 5.72. The van der Waals surface area contributed by atoms with Crippen molar-refractivity contribution < 1.29 is 71.4 Å². The Morgan fingerprint density at radius 3 is 0.648 bits per heavy atom. The van der Waals surface area contributed by atoms with Gasteiger partial charge in [0.1, 0.15) is 53.9 Å². The number of nitrogens with zero attached hydrogens (tertiary/aromatic N) is 1. The van der Waals surface area contributed by atoms with Crippen LogP contribution in [0.15, 0.2) is 36.4 Å². The lowest BCUT2D eigenvalue weighted by molar-refractivity contribution is -0.144. The van der Waals surface area contributed by atoms with E-state index in [2.05, 4.69) is 0 Å². The quantitative estimate of drug-likeness (QED) is 0.0556. The van der Waals surface area contributed by atoms with Crippen molar-refractivity contribution in [3.63, 3.8) is 0 Å². The summed E-state index contributed by atoms with van der Waals surface area (Å²) in [5.74, 6) is 0.102. The molecule has 0 spiro atoms. The van der Waals surface area contributed by atoms with Crippen LogP contribution in [0.25, 0.3) is 0 Å². The molecule has 0 atom stereocenters. The Bertz CT molecular complexity index is 2490. The zero-order valence-electron chi connectivity index (χ0n) is 59.0. The van der Waals surface area contributed by atoms with E-state index in [0.717, 1.165) is 50.1 Å². The Labute approximate surface area is 528 Å². The first-order valence-electron chi connectivity index (χ1n) is 31.2. The molecule has 0 amide bonds. The van der Waals surface area contributed by atoms with Crippen LogP contribution in [0.2, 0.25) is 0 Å². The Kier molecular flexibility index (Phi) is 25.6. The highest BCUT2D eigenvalue weighted by Gasteiger charge is 2.35. The van der Waals surface area contributed by atoms with Crippen LogP contribution in [-0.2, 0) is 94.6 Å². The van der Waals surface area contributed by atoms with Crippen molar-refractivity contribution in [3.05, 3.63) is 86.5 Å². The summed E-state index contributed by atoms with van der Waals surface area (Å²) in [5.41, 5.74) is 2.67. The SMILES string of the molecule is CC(C)(C)OC(=O)Oc1c(C(C)(C)C)cc(CCC(=O)OCCN(CCOC(=O)CCc2cc(C(C)(C)C)c(OC(=O)OC(C)(C)C)c(C(C)(C)C)c2)CCOC(=O)CCc2cc(C(C)(C)C)c(OC(=O)OC(C)(C)C)c(C(C)(C)C)c2)cc1C(C)(C)C. The zero-order chi connectivity index (χ0) is 67.6. The molecule has 0 saturated heterocycles. The van der Waals surface area contributed by atoms with Gasteiger partial charge in [0.25, 0.3) is 0 Å². The predicted octanol–water partition coefficient (Wildman–Crippen LogP) is 16.5.